The van der Waals surface area contributed by atoms with E-state index in [1.54, 1.807) is 47.4 Å². The molecule has 0 aliphatic rings. The van der Waals surface area contributed by atoms with Crippen molar-refractivity contribution in [3.63, 3.8) is 0 Å². The number of rotatable bonds is 4. The summed E-state index contributed by atoms with van der Waals surface area (Å²) in [5.41, 5.74) is 1.79. The molecule has 0 saturated heterocycles. The smallest absolute Gasteiger partial charge is 0.328 e. The van der Waals surface area contributed by atoms with Crippen LogP contribution >= 0.6 is 0 Å². The highest BCUT2D eigenvalue weighted by atomic mass is 16.4. The fraction of sp³-hybridized carbons (Fsp3) is 0.0714. The first-order chi connectivity index (χ1) is 9.19. The minimum absolute atomic E-state index is 0.341. The van der Waals surface area contributed by atoms with Gasteiger partial charge in [-0.25, -0.2) is 4.79 Å². The monoisotopic (exact) mass is 253 g/mol. The van der Waals surface area contributed by atoms with Crippen LogP contribution in [0.25, 0.3) is 5.57 Å². The molecular formula is C14H11N3O2. The number of nitriles is 1. The molecule has 5 heteroatoms. The number of carboxylic acids is 1. The van der Waals surface area contributed by atoms with Crippen LogP contribution in [0.2, 0.25) is 0 Å². The molecule has 0 radical (unpaired) electrons. The Morgan fingerprint density at radius 3 is 2.95 bits per heavy atom. The molecule has 1 N–H and O–H groups in total. The van der Waals surface area contributed by atoms with Crippen molar-refractivity contribution >= 4 is 11.5 Å². The van der Waals surface area contributed by atoms with Crippen molar-refractivity contribution in [3.05, 3.63) is 59.9 Å². The number of carboxylic acid groups (broad SMARTS) is 1. The molecule has 0 spiro atoms. The van der Waals surface area contributed by atoms with Gasteiger partial charge in [0.2, 0.25) is 0 Å². The van der Waals surface area contributed by atoms with Crippen molar-refractivity contribution in [1.29, 1.82) is 5.26 Å². The molecule has 0 aliphatic heterocycles. The number of benzene rings is 1. The van der Waals surface area contributed by atoms with E-state index in [-0.39, 0.29) is 0 Å². The van der Waals surface area contributed by atoms with E-state index in [1.165, 1.54) is 0 Å². The van der Waals surface area contributed by atoms with E-state index >= 15 is 0 Å². The van der Waals surface area contributed by atoms with Gasteiger partial charge in [-0.2, -0.15) is 10.4 Å². The summed E-state index contributed by atoms with van der Waals surface area (Å²) in [6, 6.07) is 10.7. The average molecular weight is 253 g/mol. The van der Waals surface area contributed by atoms with Gasteiger partial charge in [0, 0.05) is 18.5 Å². The Hall–Kier alpha value is -2.87. The van der Waals surface area contributed by atoms with Gasteiger partial charge in [-0.3, -0.25) is 4.68 Å². The lowest BCUT2D eigenvalue weighted by molar-refractivity contribution is -0.131. The lowest BCUT2D eigenvalue weighted by Crippen LogP contribution is -2.03. The van der Waals surface area contributed by atoms with E-state index in [4.69, 9.17) is 10.4 Å². The summed E-state index contributed by atoms with van der Waals surface area (Å²) >= 11 is 0. The van der Waals surface area contributed by atoms with Crippen LogP contribution in [-0.2, 0) is 11.3 Å². The Morgan fingerprint density at radius 2 is 2.32 bits per heavy atom. The first-order valence-corrected chi connectivity index (χ1v) is 5.60. The van der Waals surface area contributed by atoms with E-state index in [2.05, 4.69) is 5.10 Å². The molecule has 1 aromatic carbocycles. The molecule has 0 saturated carbocycles. The van der Waals surface area contributed by atoms with Crippen molar-refractivity contribution in [2.24, 2.45) is 0 Å². The topological polar surface area (TPSA) is 78.9 Å². The molecule has 0 fully saturated rings. The van der Waals surface area contributed by atoms with Gasteiger partial charge >= 0.3 is 5.97 Å². The third-order valence-electron chi connectivity index (χ3n) is 2.55. The molecule has 19 heavy (non-hydrogen) atoms. The number of hydrogen-bond acceptors (Lipinski definition) is 3. The fourth-order valence-electron chi connectivity index (χ4n) is 1.73. The van der Waals surface area contributed by atoms with Gasteiger partial charge in [-0.15, -0.1) is 0 Å². The van der Waals surface area contributed by atoms with E-state index in [1.807, 2.05) is 6.07 Å². The molecule has 1 aromatic heterocycles. The molecule has 2 aromatic rings. The summed E-state index contributed by atoms with van der Waals surface area (Å²) in [6.07, 6.45) is 4.52. The van der Waals surface area contributed by atoms with Crippen molar-refractivity contribution in [2.75, 3.05) is 0 Å². The lowest BCUT2D eigenvalue weighted by atomic mass is 10.0. The molecule has 0 bridgehead atoms. The number of aromatic nitrogens is 2. The summed E-state index contributed by atoms with van der Waals surface area (Å²) in [5, 5.41) is 21.9. The number of allylic oxidation sites excluding steroid dienone is 1. The highest BCUT2D eigenvalue weighted by molar-refractivity contribution is 5.90. The Bertz CT molecular complexity index is 652. The zero-order valence-corrected chi connectivity index (χ0v) is 10.0. The quantitative estimate of drug-likeness (QED) is 0.844. The van der Waals surface area contributed by atoms with Gasteiger partial charge < -0.3 is 5.11 Å². The number of nitrogens with zero attached hydrogens (tertiary/aromatic N) is 3. The predicted molar refractivity (Wildman–Crippen MR) is 69.0 cm³/mol. The minimum atomic E-state index is -1.02. The molecule has 0 aliphatic carbocycles. The third kappa shape index (κ3) is 3.30. The van der Waals surface area contributed by atoms with Crippen molar-refractivity contribution in [3.8, 4) is 6.07 Å². The standard InChI is InChI=1S/C14H11N3O2/c15-9-11-3-1-4-12(7-11)13(8-14(18)19)10-17-6-2-5-16-17/h1-8H,10H2,(H,18,19)/b13-8+. The Balaban J connectivity index is 2.37. The summed E-state index contributed by atoms with van der Waals surface area (Å²) in [6.45, 7) is 0.341. The third-order valence-corrected chi connectivity index (χ3v) is 2.55. The SMILES string of the molecule is N#Cc1cccc(/C(=C/C(=O)O)Cn2cccn2)c1. The molecule has 94 valence electrons. The summed E-state index contributed by atoms with van der Waals surface area (Å²) in [7, 11) is 0. The average Bonchev–Trinajstić information content (AvgIpc) is 2.90. The highest BCUT2D eigenvalue weighted by Crippen LogP contribution is 2.17. The zero-order chi connectivity index (χ0) is 13.7. The van der Waals surface area contributed by atoms with Crippen molar-refractivity contribution < 1.29 is 9.90 Å². The first kappa shape index (κ1) is 12.6. The zero-order valence-electron chi connectivity index (χ0n) is 10.0. The Morgan fingerprint density at radius 1 is 1.47 bits per heavy atom. The second-order valence-electron chi connectivity index (χ2n) is 3.90. The van der Waals surface area contributed by atoms with Gasteiger partial charge in [0.1, 0.15) is 0 Å². The molecule has 0 amide bonds. The Labute approximate surface area is 110 Å². The second-order valence-corrected chi connectivity index (χ2v) is 3.90. The van der Waals surface area contributed by atoms with Crippen LogP contribution < -0.4 is 0 Å². The minimum Gasteiger partial charge on any atom is -0.478 e. The van der Waals surface area contributed by atoms with Crippen molar-refractivity contribution in [2.45, 2.75) is 6.54 Å². The van der Waals surface area contributed by atoms with Crippen LogP contribution in [-0.4, -0.2) is 20.9 Å². The maximum Gasteiger partial charge on any atom is 0.328 e. The normalized spacial score (nSPS) is 11.0. The fourth-order valence-corrected chi connectivity index (χ4v) is 1.73. The highest BCUT2D eigenvalue weighted by Gasteiger charge is 2.06. The van der Waals surface area contributed by atoms with Crippen LogP contribution in [0.1, 0.15) is 11.1 Å². The summed E-state index contributed by atoms with van der Waals surface area (Å²) < 4.78 is 1.63. The predicted octanol–water partition coefficient (Wildman–Crippen LogP) is 1.92. The lowest BCUT2D eigenvalue weighted by Gasteiger charge is -2.08. The molecule has 2 rings (SSSR count). The van der Waals surface area contributed by atoms with Gasteiger partial charge in [-0.1, -0.05) is 12.1 Å². The first-order valence-electron chi connectivity index (χ1n) is 5.60. The van der Waals surface area contributed by atoms with Gasteiger partial charge in [-0.05, 0) is 29.3 Å². The van der Waals surface area contributed by atoms with Crippen LogP contribution in [0, 0.1) is 11.3 Å². The van der Waals surface area contributed by atoms with Crippen molar-refractivity contribution in [1.82, 2.24) is 9.78 Å². The number of aliphatic carboxylic acids is 1. The maximum absolute atomic E-state index is 10.9. The number of carbonyl (C=O) groups is 1. The van der Waals surface area contributed by atoms with E-state index in [0.717, 1.165) is 6.08 Å². The van der Waals surface area contributed by atoms with Crippen LogP contribution in [0.15, 0.2) is 48.8 Å². The van der Waals surface area contributed by atoms with Crippen LogP contribution in [0.3, 0.4) is 0 Å². The molecule has 0 unspecified atom stereocenters. The molecule has 5 nitrogen and oxygen atoms in total. The van der Waals surface area contributed by atoms with E-state index in [9.17, 15) is 4.79 Å². The largest absolute Gasteiger partial charge is 0.478 e. The van der Waals surface area contributed by atoms with Gasteiger partial charge in [0.15, 0.2) is 0 Å². The summed E-state index contributed by atoms with van der Waals surface area (Å²) in [5.74, 6) is -1.02. The van der Waals surface area contributed by atoms with Gasteiger partial charge in [0.05, 0.1) is 18.2 Å². The van der Waals surface area contributed by atoms with E-state index in [0.29, 0.717) is 23.2 Å². The van der Waals surface area contributed by atoms with Crippen LogP contribution in [0.5, 0.6) is 0 Å². The second kappa shape index (κ2) is 5.65. The Kier molecular flexibility index (Phi) is 3.74. The summed E-state index contributed by atoms with van der Waals surface area (Å²) in [4.78, 5) is 10.9. The van der Waals surface area contributed by atoms with Gasteiger partial charge in [0.25, 0.3) is 0 Å². The molecule has 0 atom stereocenters. The molecule has 1 heterocycles. The van der Waals surface area contributed by atoms with Crippen LogP contribution in [0.4, 0.5) is 0 Å². The maximum atomic E-state index is 10.9. The molecular weight excluding hydrogens is 242 g/mol. The number of hydrogen-bond donors (Lipinski definition) is 1. The van der Waals surface area contributed by atoms with E-state index < -0.39 is 5.97 Å².